The van der Waals surface area contributed by atoms with E-state index in [2.05, 4.69) is 68.5 Å². The molecule has 0 saturated heterocycles. The standard InChI is InChI=1S/2C12H8N2.Cu.H2O4S/c2*1-3-9-5-6-10-4-2-8-14-12(10)11(9)13-7-1;;1-5(2,3)4/h2*1-8H;;(H2,1,2,3,4)/q;;+1;/p-1. The van der Waals surface area contributed by atoms with Gasteiger partial charge in [-0.1, -0.05) is 48.5 Å². The molecule has 34 heavy (non-hydrogen) atoms. The minimum atomic E-state index is -4.92. The molecule has 0 unspecified atom stereocenters. The molecule has 4 aromatic heterocycles. The fraction of sp³-hybridized carbons (Fsp3) is 0. The smallest absolute Gasteiger partial charge is 0.726 e. The largest absolute Gasteiger partial charge is 1.00 e. The van der Waals surface area contributed by atoms with E-state index in [0.29, 0.717) is 0 Å². The molecule has 0 saturated carbocycles. The predicted octanol–water partition coefficient (Wildman–Crippen LogP) is 4.57. The number of pyridine rings is 4. The van der Waals surface area contributed by atoms with Crippen LogP contribution in [0.4, 0.5) is 0 Å². The Hall–Kier alpha value is -3.53. The Morgan fingerprint density at radius 2 is 0.735 bits per heavy atom. The number of aromatic nitrogens is 4. The topological polar surface area (TPSA) is 129 Å². The Morgan fingerprint density at radius 3 is 0.941 bits per heavy atom. The van der Waals surface area contributed by atoms with E-state index in [0.717, 1.165) is 43.6 Å². The third kappa shape index (κ3) is 6.28. The van der Waals surface area contributed by atoms with Crippen LogP contribution >= 0.6 is 0 Å². The maximum Gasteiger partial charge on any atom is 1.00 e. The molecule has 6 aromatic rings. The van der Waals surface area contributed by atoms with Crippen LogP contribution < -0.4 is 0 Å². The molecule has 174 valence electrons. The summed E-state index contributed by atoms with van der Waals surface area (Å²) in [6.45, 7) is 0. The zero-order valence-electron chi connectivity index (χ0n) is 17.4. The first-order valence-electron chi connectivity index (χ1n) is 9.75. The molecule has 0 atom stereocenters. The average Bonchev–Trinajstić information content (AvgIpc) is 2.83. The average molecular weight is 521 g/mol. The molecule has 10 heteroatoms. The second-order valence-corrected chi connectivity index (χ2v) is 7.71. The van der Waals surface area contributed by atoms with E-state index in [1.165, 1.54) is 0 Å². The van der Waals surface area contributed by atoms with Crippen LogP contribution in [0.2, 0.25) is 0 Å². The van der Waals surface area contributed by atoms with Crippen molar-refractivity contribution in [3.63, 3.8) is 0 Å². The van der Waals surface area contributed by atoms with Crippen molar-refractivity contribution >= 4 is 54.0 Å². The second-order valence-electron chi connectivity index (χ2n) is 6.86. The van der Waals surface area contributed by atoms with E-state index < -0.39 is 10.4 Å². The SMILES string of the molecule is O=S(=O)([O-])O.[Cu+].c1cnc2c(c1)ccc1cccnc12.c1cnc2c(c1)ccc1cccnc12. The maximum absolute atomic E-state index is 8.63. The third-order valence-electron chi connectivity index (χ3n) is 4.69. The second kappa shape index (κ2) is 11.1. The summed E-state index contributed by atoms with van der Waals surface area (Å²) in [5.41, 5.74) is 3.91. The van der Waals surface area contributed by atoms with Crippen molar-refractivity contribution in [2.45, 2.75) is 0 Å². The zero-order chi connectivity index (χ0) is 23.3. The van der Waals surface area contributed by atoms with Gasteiger partial charge in [-0.3, -0.25) is 24.5 Å². The molecular weight excluding hydrogens is 504 g/mol. The molecule has 0 spiro atoms. The van der Waals surface area contributed by atoms with E-state index in [4.69, 9.17) is 17.5 Å². The van der Waals surface area contributed by atoms with E-state index in [-0.39, 0.29) is 17.1 Å². The number of fused-ring (bicyclic) bond motifs is 6. The maximum atomic E-state index is 8.63. The van der Waals surface area contributed by atoms with Crippen molar-refractivity contribution in [3.05, 3.63) is 97.6 Å². The van der Waals surface area contributed by atoms with E-state index >= 15 is 0 Å². The van der Waals surface area contributed by atoms with E-state index in [1.54, 1.807) is 24.8 Å². The molecule has 0 aliphatic heterocycles. The predicted molar refractivity (Wildman–Crippen MR) is 126 cm³/mol. The molecule has 0 aliphatic rings. The molecule has 1 N–H and O–H groups in total. The zero-order valence-corrected chi connectivity index (χ0v) is 19.2. The van der Waals surface area contributed by atoms with E-state index in [9.17, 15) is 0 Å². The van der Waals surface area contributed by atoms with Gasteiger partial charge in [0.25, 0.3) is 0 Å². The minimum Gasteiger partial charge on any atom is -0.726 e. The van der Waals surface area contributed by atoms with Gasteiger partial charge in [-0.05, 0) is 24.3 Å². The van der Waals surface area contributed by atoms with Gasteiger partial charge >= 0.3 is 17.1 Å². The monoisotopic (exact) mass is 520 g/mol. The minimum absolute atomic E-state index is 0. The van der Waals surface area contributed by atoms with Crippen molar-refractivity contribution in [2.75, 3.05) is 0 Å². The van der Waals surface area contributed by atoms with Gasteiger partial charge < -0.3 is 4.55 Å². The normalized spacial score (nSPS) is 10.6. The first-order chi connectivity index (χ1) is 15.9. The third-order valence-corrected chi connectivity index (χ3v) is 4.69. The fourth-order valence-electron chi connectivity index (χ4n) is 3.36. The molecule has 0 fully saturated rings. The van der Waals surface area contributed by atoms with Gasteiger partial charge in [-0.2, -0.15) is 0 Å². The van der Waals surface area contributed by atoms with Crippen LogP contribution in [0, 0.1) is 0 Å². The van der Waals surface area contributed by atoms with Gasteiger partial charge in [0.1, 0.15) is 0 Å². The Morgan fingerprint density at radius 1 is 0.529 bits per heavy atom. The van der Waals surface area contributed by atoms with Crippen LogP contribution in [0.1, 0.15) is 0 Å². The molecule has 0 bridgehead atoms. The van der Waals surface area contributed by atoms with Gasteiger partial charge in [0.2, 0.25) is 10.4 Å². The summed E-state index contributed by atoms with van der Waals surface area (Å²) >= 11 is 0. The molecular formula is C24H17CuN4O4S. The van der Waals surface area contributed by atoms with Crippen LogP contribution in [0.15, 0.2) is 97.6 Å². The molecule has 2 aromatic carbocycles. The molecule has 8 nitrogen and oxygen atoms in total. The molecule has 4 heterocycles. The van der Waals surface area contributed by atoms with Crippen molar-refractivity contribution in [1.29, 1.82) is 0 Å². The van der Waals surface area contributed by atoms with Gasteiger partial charge in [0.15, 0.2) is 0 Å². The van der Waals surface area contributed by atoms with Crippen LogP contribution in [-0.4, -0.2) is 37.5 Å². The number of benzene rings is 2. The quantitative estimate of drug-likeness (QED) is 0.133. The van der Waals surface area contributed by atoms with Crippen LogP contribution in [0.5, 0.6) is 0 Å². The van der Waals surface area contributed by atoms with Crippen LogP contribution in [-0.2, 0) is 27.5 Å². The number of rotatable bonds is 0. The molecule has 6 rings (SSSR count). The Labute approximate surface area is 205 Å². The number of nitrogens with zero attached hydrogens (tertiary/aromatic N) is 4. The van der Waals surface area contributed by atoms with Gasteiger partial charge in [0.05, 0.1) is 22.1 Å². The molecule has 0 radical (unpaired) electrons. The summed E-state index contributed by atoms with van der Waals surface area (Å²) in [4.78, 5) is 17.4. The van der Waals surface area contributed by atoms with E-state index in [1.807, 2.05) is 24.3 Å². The molecule has 0 amide bonds. The van der Waals surface area contributed by atoms with Gasteiger partial charge in [0, 0.05) is 46.3 Å². The summed E-state index contributed by atoms with van der Waals surface area (Å²) in [5, 5.41) is 4.55. The van der Waals surface area contributed by atoms with Crippen molar-refractivity contribution < 1.29 is 34.6 Å². The van der Waals surface area contributed by atoms with Crippen molar-refractivity contribution in [1.82, 2.24) is 19.9 Å². The summed E-state index contributed by atoms with van der Waals surface area (Å²) < 4.78 is 32.8. The summed E-state index contributed by atoms with van der Waals surface area (Å²) in [7, 11) is -4.92. The summed E-state index contributed by atoms with van der Waals surface area (Å²) in [6.07, 6.45) is 7.21. The fourth-order valence-corrected chi connectivity index (χ4v) is 3.36. The Kier molecular flexibility index (Phi) is 8.17. The first kappa shape index (κ1) is 25.1. The van der Waals surface area contributed by atoms with Gasteiger partial charge in [-0.25, -0.2) is 8.42 Å². The van der Waals surface area contributed by atoms with Crippen LogP contribution in [0.25, 0.3) is 43.6 Å². The summed E-state index contributed by atoms with van der Waals surface area (Å²) in [6, 6.07) is 24.3. The van der Waals surface area contributed by atoms with Crippen LogP contribution in [0.3, 0.4) is 0 Å². The summed E-state index contributed by atoms with van der Waals surface area (Å²) in [5.74, 6) is 0. The first-order valence-corrected chi connectivity index (χ1v) is 11.1. The molecule has 0 aliphatic carbocycles. The Balaban J connectivity index is 0.000000156. The number of hydrogen-bond donors (Lipinski definition) is 1. The van der Waals surface area contributed by atoms with Crippen molar-refractivity contribution in [2.24, 2.45) is 0 Å². The Bertz CT molecular complexity index is 1450. The van der Waals surface area contributed by atoms with Gasteiger partial charge in [-0.15, -0.1) is 0 Å². The number of hydrogen-bond acceptors (Lipinski definition) is 7. The van der Waals surface area contributed by atoms with Crippen molar-refractivity contribution in [3.8, 4) is 0 Å².